The molecule has 0 saturated carbocycles. The van der Waals surface area contributed by atoms with Crippen LogP contribution in [0.3, 0.4) is 0 Å². The Morgan fingerprint density at radius 1 is 1.40 bits per heavy atom. The van der Waals surface area contributed by atoms with E-state index in [1.807, 2.05) is 0 Å². The number of carbonyl (C=O) groups is 2. The quantitative estimate of drug-likeness (QED) is 0.857. The molecular weight excluding hydrogens is 324 g/mol. The van der Waals surface area contributed by atoms with Crippen LogP contribution in [0.25, 0.3) is 0 Å². The highest BCUT2D eigenvalue weighted by Crippen LogP contribution is 2.13. The normalized spacial score (nSPS) is 12.7. The van der Waals surface area contributed by atoms with Crippen LogP contribution in [0.1, 0.15) is 43.7 Å². The van der Waals surface area contributed by atoms with Gasteiger partial charge in [0.05, 0.1) is 0 Å². The molecule has 0 saturated heterocycles. The number of rotatable bonds is 3. The fourth-order valence-electron chi connectivity index (χ4n) is 1.49. The van der Waals surface area contributed by atoms with E-state index in [2.05, 4.69) is 26.2 Å². The van der Waals surface area contributed by atoms with Gasteiger partial charge in [-0.15, -0.1) is 0 Å². The third-order valence-corrected chi connectivity index (χ3v) is 2.80. The Bertz CT molecular complexity index is 524. The number of amides is 1. The Balaban J connectivity index is 2.73. The molecule has 1 unspecified atom stereocenters. The first-order chi connectivity index (χ1) is 9.10. The second-order valence-electron chi connectivity index (χ2n) is 5.55. The van der Waals surface area contributed by atoms with Gasteiger partial charge in [0.25, 0.3) is 5.91 Å². The van der Waals surface area contributed by atoms with E-state index < -0.39 is 23.5 Å². The lowest BCUT2D eigenvalue weighted by molar-refractivity contribution is -0.156. The van der Waals surface area contributed by atoms with Crippen molar-refractivity contribution in [1.29, 1.82) is 0 Å². The lowest BCUT2D eigenvalue weighted by Crippen LogP contribution is -2.42. The molecule has 1 N–H and O–H groups in total. The van der Waals surface area contributed by atoms with Gasteiger partial charge < -0.3 is 10.1 Å². The van der Waals surface area contributed by atoms with Gasteiger partial charge >= 0.3 is 5.97 Å². The summed E-state index contributed by atoms with van der Waals surface area (Å²) in [4.78, 5) is 27.9. The molecule has 1 heterocycles. The third kappa shape index (κ3) is 4.92. The summed E-state index contributed by atoms with van der Waals surface area (Å²) >= 11 is 3.28. The third-order valence-electron chi connectivity index (χ3n) is 2.37. The van der Waals surface area contributed by atoms with E-state index in [0.29, 0.717) is 5.69 Å². The van der Waals surface area contributed by atoms with Gasteiger partial charge in [0.2, 0.25) is 0 Å². The van der Waals surface area contributed by atoms with Gasteiger partial charge in [0, 0.05) is 10.7 Å². The number of esters is 1. The molecule has 110 valence electrons. The molecule has 1 amide bonds. The summed E-state index contributed by atoms with van der Waals surface area (Å²) < 4.78 is 6.00. The summed E-state index contributed by atoms with van der Waals surface area (Å²) in [5.74, 6) is -0.867. The minimum absolute atomic E-state index is 0.295. The Kier molecular flexibility index (Phi) is 5.28. The van der Waals surface area contributed by atoms with E-state index in [9.17, 15) is 9.59 Å². The molecule has 6 heteroatoms. The lowest BCUT2D eigenvalue weighted by Gasteiger charge is -2.22. The predicted octanol–water partition coefficient (Wildman–Crippen LogP) is 2.61. The Morgan fingerprint density at radius 2 is 2.00 bits per heavy atom. The molecule has 1 aromatic rings. The van der Waals surface area contributed by atoms with Crippen LogP contribution in [0.5, 0.6) is 0 Å². The van der Waals surface area contributed by atoms with E-state index >= 15 is 0 Å². The first kappa shape index (κ1) is 16.6. The average molecular weight is 343 g/mol. The number of pyridine rings is 1. The molecule has 0 aliphatic heterocycles. The number of aryl methyl sites for hydroxylation is 1. The van der Waals surface area contributed by atoms with E-state index in [0.717, 1.165) is 10.0 Å². The van der Waals surface area contributed by atoms with Crippen molar-refractivity contribution in [2.24, 2.45) is 0 Å². The van der Waals surface area contributed by atoms with E-state index in [1.54, 1.807) is 46.9 Å². The van der Waals surface area contributed by atoms with Crippen LogP contribution in [0.2, 0.25) is 0 Å². The van der Waals surface area contributed by atoms with Crippen LogP contribution in [0.4, 0.5) is 0 Å². The van der Waals surface area contributed by atoms with Gasteiger partial charge in [0.1, 0.15) is 17.3 Å². The van der Waals surface area contributed by atoms with E-state index in [1.165, 1.54) is 0 Å². The number of ether oxygens (including phenoxy) is 1. The second kappa shape index (κ2) is 6.35. The SMILES string of the molecule is Cc1cc(Br)cnc1C(=O)NC(C)C(=O)OC(C)(C)C. The smallest absolute Gasteiger partial charge is 0.328 e. The number of nitrogens with one attached hydrogen (secondary N) is 1. The van der Waals surface area contributed by atoms with Crippen LogP contribution < -0.4 is 5.32 Å². The molecule has 0 aliphatic rings. The predicted molar refractivity (Wildman–Crippen MR) is 79.4 cm³/mol. The Morgan fingerprint density at radius 3 is 2.50 bits per heavy atom. The maximum Gasteiger partial charge on any atom is 0.328 e. The van der Waals surface area contributed by atoms with Gasteiger partial charge in [-0.05, 0) is 62.2 Å². The van der Waals surface area contributed by atoms with Gasteiger partial charge in [-0.2, -0.15) is 0 Å². The van der Waals surface area contributed by atoms with Crippen molar-refractivity contribution in [2.45, 2.75) is 46.3 Å². The molecule has 1 aromatic heterocycles. The van der Waals surface area contributed by atoms with Crippen molar-refractivity contribution in [3.63, 3.8) is 0 Å². The molecule has 5 nitrogen and oxygen atoms in total. The molecule has 1 atom stereocenters. The van der Waals surface area contributed by atoms with Crippen molar-refractivity contribution >= 4 is 27.8 Å². The standard InChI is InChI=1S/C14H19BrN2O3/c1-8-6-10(15)7-16-11(8)12(18)17-9(2)13(19)20-14(3,4)5/h6-7,9H,1-5H3,(H,17,18). The first-order valence-electron chi connectivity index (χ1n) is 6.26. The monoisotopic (exact) mass is 342 g/mol. The fourth-order valence-corrected chi connectivity index (χ4v) is 1.94. The van der Waals surface area contributed by atoms with Crippen LogP contribution in [0, 0.1) is 6.92 Å². The average Bonchev–Trinajstić information content (AvgIpc) is 2.26. The van der Waals surface area contributed by atoms with Gasteiger partial charge in [-0.25, -0.2) is 9.78 Å². The topological polar surface area (TPSA) is 68.3 Å². The van der Waals surface area contributed by atoms with Crippen molar-refractivity contribution in [3.05, 3.63) is 28.0 Å². The summed E-state index contributed by atoms with van der Waals surface area (Å²) in [7, 11) is 0. The van der Waals surface area contributed by atoms with Crippen LogP contribution in [0.15, 0.2) is 16.7 Å². The van der Waals surface area contributed by atoms with E-state index in [4.69, 9.17) is 4.74 Å². The number of hydrogen-bond acceptors (Lipinski definition) is 4. The number of aromatic nitrogens is 1. The van der Waals surface area contributed by atoms with Gasteiger partial charge in [-0.1, -0.05) is 0 Å². The minimum atomic E-state index is -0.730. The zero-order valence-corrected chi connectivity index (χ0v) is 13.9. The number of hydrogen-bond donors (Lipinski definition) is 1. The maximum absolute atomic E-state index is 12.1. The summed E-state index contributed by atoms with van der Waals surface area (Å²) in [6.07, 6.45) is 1.54. The van der Waals surface area contributed by atoms with Crippen molar-refractivity contribution < 1.29 is 14.3 Å². The van der Waals surface area contributed by atoms with Crippen LogP contribution in [-0.4, -0.2) is 28.5 Å². The molecule has 0 bridgehead atoms. The molecule has 0 radical (unpaired) electrons. The van der Waals surface area contributed by atoms with Gasteiger partial charge in [-0.3, -0.25) is 4.79 Å². The van der Waals surface area contributed by atoms with Crippen molar-refractivity contribution in [3.8, 4) is 0 Å². The zero-order valence-electron chi connectivity index (χ0n) is 12.3. The summed E-state index contributed by atoms with van der Waals surface area (Å²) in [5, 5.41) is 2.59. The molecule has 20 heavy (non-hydrogen) atoms. The van der Waals surface area contributed by atoms with Gasteiger partial charge in [0.15, 0.2) is 0 Å². The molecule has 0 aliphatic carbocycles. The summed E-state index contributed by atoms with van der Waals surface area (Å²) in [6.45, 7) is 8.70. The summed E-state index contributed by atoms with van der Waals surface area (Å²) in [6, 6.07) is 1.06. The highest BCUT2D eigenvalue weighted by Gasteiger charge is 2.24. The molecular formula is C14H19BrN2O3. The Labute approximate surface area is 127 Å². The number of carbonyl (C=O) groups excluding carboxylic acids is 2. The second-order valence-corrected chi connectivity index (χ2v) is 6.46. The molecule has 0 fully saturated rings. The van der Waals surface area contributed by atoms with Crippen molar-refractivity contribution in [2.75, 3.05) is 0 Å². The highest BCUT2D eigenvalue weighted by molar-refractivity contribution is 9.10. The Hall–Kier alpha value is -1.43. The van der Waals surface area contributed by atoms with Crippen molar-refractivity contribution in [1.82, 2.24) is 10.3 Å². The highest BCUT2D eigenvalue weighted by atomic mass is 79.9. The zero-order chi connectivity index (χ0) is 15.5. The summed E-state index contributed by atoms with van der Waals surface area (Å²) in [5.41, 5.74) is 0.443. The molecule has 1 rings (SSSR count). The largest absolute Gasteiger partial charge is 0.458 e. The number of halogens is 1. The van der Waals surface area contributed by atoms with E-state index in [-0.39, 0.29) is 0 Å². The first-order valence-corrected chi connectivity index (χ1v) is 7.05. The molecule has 0 spiro atoms. The lowest BCUT2D eigenvalue weighted by atomic mass is 10.2. The minimum Gasteiger partial charge on any atom is -0.458 e. The fraction of sp³-hybridized carbons (Fsp3) is 0.500. The maximum atomic E-state index is 12.1. The van der Waals surface area contributed by atoms with Crippen LogP contribution >= 0.6 is 15.9 Å². The molecule has 0 aromatic carbocycles. The van der Waals surface area contributed by atoms with Crippen LogP contribution in [-0.2, 0) is 9.53 Å². The number of nitrogens with zero attached hydrogens (tertiary/aromatic N) is 1.